The van der Waals surface area contributed by atoms with Crippen LogP contribution in [0.25, 0.3) is 16.9 Å². The van der Waals surface area contributed by atoms with Gasteiger partial charge in [0.05, 0.1) is 22.9 Å². The summed E-state index contributed by atoms with van der Waals surface area (Å²) in [6.07, 6.45) is 3.11. The highest BCUT2D eigenvalue weighted by molar-refractivity contribution is 5.71. The number of nitro benzene ring substituents is 1. The monoisotopic (exact) mass is 423 g/mol. The molecule has 1 aromatic carbocycles. The lowest BCUT2D eigenvalue weighted by molar-refractivity contribution is -0.385. The average Bonchev–Trinajstić information content (AvgIpc) is 3.05. The van der Waals surface area contributed by atoms with E-state index in [4.69, 9.17) is 15.5 Å². The third-order valence-corrected chi connectivity index (χ3v) is 5.79. The molecule has 2 aromatic heterocycles. The summed E-state index contributed by atoms with van der Waals surface area (Å²) in [6, 6.07) is 8.76. The molecule has 0 amide bonds. The summed E-state index contributed by atoms with van der Waals surface area (Å²) in [4.78, 5) is 18.5. The van der Waals surface area contributed by atoms with Gasteiger partial charge in [0.25, 0.3) is 0 Å². The van der Waals surface area contributed by atoms with Gasteiger partial charge >= 0.3 is 5.69 Å². The highest BCUT2D eigenvalue weighted by Crippen LogP contribution is 2.35. The van der Waals surface area contributed by atoms with Crippen molar-refractivity contribution in [3.8, 4) is 17.0 Å². The van der Waals surface area contributed by atoms with E-state index in [-0.39, 0.29) is 11.4 Å². The van der Waals surface area contributed by atoms with E-state index in [1.54, 1.807) is 12.1 Å². The SMILES string of the molecule is CCOc1ccc(-c2nc3ccc(N)cn3c2CN2CC(C)CC(C)C2)cc1[N+](=O)[O-]. The number of rotatable bonds is 6. The van der Waals surface area contributed by atoms with E-state index in [0.717, 1.165) is 30.1 Å². The van der Waals surface area contributed by atoms with Crippen LogP contribution in [0.3, 0.4) is 0 Å². The zero-order chi connectivity index (χ0) is 22.1. The summed E-state index contributed by atoms with van der Waals surface area (Å²) in [6.45, 7) is 9.48. The number of nitrogen functional groups attached to an aromatic ring is 1. The molecule has 31 heavy (non-hydrogen) atoms. The van der Waals surface area contributed by atoms with E-state index in [1.807, 2.05) is 35.7 Å². The Labute approximate surface area is 181 Å². The van der Waals surface area contributed by atoms with Crippen LogP contribution in [-0.4, -0.2) is 38.9 Å². The Morgan fingerprint density at radius 3 is 2.65 bits per heavy atom. The molecule has 0 saturated carbocycles. The van der Waals surface area contributed by atoms with Crippen LogP contribution < -0.4 is 10.5 Å². The maximum absolute atomic E-state index is 11.6. The minimum Gasteiger partial charge on any atom is -0.487 e. The van der Waals surface area contributed by atoms with Crippen molar-refractivity contribution in [2.75, 3.05) is 25.4 Å². The number of ether oxygens (including phenoxy) is 1. The molecule has 1 saturated heterocycles. The molecule has 0 aliphatic carbocycles. The van der Waals surface area contributed by atoms with E-state index >= 15 is 0 Å². The lowest BCUT2D eigenvalue weighted by Crippen LogP contribution is -2.38. The molecule has 3 aromatic rings. The highest BCUT2D eigenvalue weighted by atomic mass is 16.6. The van der Waals surface area contributed by atoms with Gasteiger partial charge in [0.15, 0.2) is 5.75 Å². The maximum atomic E-state index is 11.6. The summed E-state index contributed by atoms with van der Waals surface area (Å²) < 4.78 is 7.46. The lowest BCUT2D eigenvalue weighted by Gasteiger charge is -2.35. The second-order valence-electron chi connectivity index (χ2n) is 8.61. The van der Waals surface area contributed by atoms with Gasteiger partial charge in [-0.25, -0.2) is 4.98 Å². The van der Waals surface area contributed by atoms with E-state index < -0.39 is 4.92 Å². The summed E-state index contributed by atoms with van der Waals surface area (Å²) in [7, 11) is 0. The zero-order valence-corrected chi connectivity index (χ0v) is 18.2. The highest BCUT2D eigenvalue weighted by Gasteiger charge is 2.26. The quantitative estimate of drug-likeness (QED) is 0.467. The van der Waals surface area contributed by atoms with Crippen LogP contribution >= 0.6 is 0 Å². The first-order chi connectivity index (χ1) is 14.9. The predicted octanol–water partition coefficient (Wildman–Crippen LogP) is 4.37. The Balaban J connectivity index is 1.81. The zero-order valence-electron chi connectivity index (χ0n) is 18.2. The van der Waals surface area contributed by atoms with Crippen molar-refractivity contribution in [2.24, 2.45) is 11.8 Å². The molecule has 1 aliphatic rings. The third kappa shape index (κ3) is 4.34. The number of fused-ring (bicyclic) bond motifs is 1. The van der Waals surface area contributed by atoms with Crippen molar-refractivity contribution in [3.63, 3.8) is 0 Å². The normalized spacial score (nSPS) is 19.6. The molecule has 2 N–H and O–H groups in total. The van der Waals surface area contributed by atoms with Gasteiger partial charge in [-0.15, -0.1) is 0 Å². The number of hydrogen-bond donors (Lipinski definition) is 1. The molecule has 0 spiro atoms. The van der Waals surface area contributed by atoms with E-state index in [9.17, 15) is 10.1 Å². The summed E-state index contributed by atoms with van der Waals surface area (Å²) in [5.74, 6) is 1.52. The Morgan fingerprint density at radius 1 is 1.23 bits per heavy atom. The number of imidazole rings is 1. The number of benzene rings is 1. The van der Waals surface area contributed by atoms with Crippen molar-refractivity contribution < 1.29 is 9.66 Å². The second kappa shape index (κ2) is 8.55. The maximum Gasteiger partial charge on any atom is 0.311 e. The molecule has 164 valence electrons. The molecular formula is C23H29N5O3. The molecule has 0 radical (unpaired) electrons. The van der Waals surface area contributed by atoms with Gasteiger partial charge in [0.1, 0.15) is 5.65 Å². The number of nitrogens with zero attached hydrogens (tertiary/aromatic N) is 4. The van der Waals surface area contributed by atoms with Crippen LogP contribution in [0, 0.1) is 22.0 Å². The number of piperidine rings is 1. The first-order valence-corrected chi connectivity index (χ1v) is 10.8. The molecule has 0 bridgehead atoms. The number of hydrogen-bond acceptors (Lipinski definition) is 6. The van der Waals surface area contributed by atoms with Crippen molar-refractivity contribution in [3.05, 3.63) is 52.3 Å². The van der Waals surface area contributed by atoms with Crippen molar-refractivity contribution >= 4 is 17.0 Å². The predicted molar refractivity (Wildman–Crippen MR) is 121 cm³/mol. The summed E-state index contributed by atoms with van der Waals surface area (Å²) >= 11 is 0. The lowest BCUT2D eigenvalue weighted by atomic mass is 9.92. The van der Waals surface area contributed by atoms with Gasteiger partial charge in [-0.3, -0.25) is 15.0 Å². The standard InChI is InChI=1S/C23H29N5O3/c1-4-31-21-7-5-17(10-19(21)28(29)30)23-20(14-26-11-15(2)9-16(3)12-26)27-13-18(24)6-8-22(27)25-23/h5-8,10,13,15-16H,4,9,11-12,14,24H2,1-3H3. The van der Waals surface area contributed by atoms with Crippen LogP contribution in [0.4, 0.5) is 11.4 Å². The van der Waals surface area contributed by atoms with Gasteiger partial charge < -0.3 is 14.9 Å². The van der Waals surface area contributed by atoms with Gasteiger partial charge in [0.2, 0.25) is 0 Å². The first-order valence-electron chi connectivity index (χ1n) is 10.8. The molecule has 1 fully saturated rings. The van der Waals surface area contributed by atoms with Crippen molar-refractivity contribution in [1.29, 1.82) is 0 Å². The molecule has 3 heterocycles. The van der Waals surface area contributed by atoms with Gasteiger partial charge in [-0.1, -0.05) is 13.8 Å². The smallest absolute Gasteiger partial charge is 0.311 e. The van der Waals surface area contributed by atoms with E-state index in [0.29, 0.717) is 36.2 Å². The number of nitro groups is 1. The van der Waals surface area contributed by atoms with Gasteiger partial charge in [-0.05, 0) is 49.4 Å². The Bertz CT molecular complexity index is 1100. The van der Waals surface area contributed by atoms with Gasteiger partial charge in [-0.2, -0.15) is 0 Å². The third-order valence-electron chi connectivity index (χ3n) is 5.79. The van der Waals surface area contributed by atoms with Crippen LogP contribution in [-0.2, 0) is 6.54 Å². The Morgan fingerprint density at radius 2 is 1.97 bits per heavy atom. The Kier molecular flexibility index (Phi) is 5.82. The Hall–Kier alpha value is -3.13. The molecule has 2 unspecified atom stereocenters. The number of pyridine rings is 1. The van der Waals surface area contributed by atoms with Crippen LogP contribution in [0.2, 0.25) is 0 Å². The molecule has 8 heteroatoms. The topological polar surface area (TPSA) is 98.9 Å². The number of anilines is 1. The molecule has 4 rings (SSSR count). The largest absolute Gasteiger partial charge is 0.487 e. The number of nitrogens with two attached hydrogens (primary N) is 1. The minimum atomic E-state index is -0.407. The summed E-state index contributed by atoms with van der Waals surface area (Å²) in [5, 5.41) is 11.6. The molecular weight excluding hydrogens is 394 g/mol. The first kappa shape index (κ1) is 21.1. The molecule has 1 aliphatic heterocycles. The fraction of sp³-hybridized carbons (Fsp3) is 0.435. The number of aromatic nitrogens is 2. The second-order valence-corrected chi connectivity index (χ2v) is 8.61. The number of likely N-dealkylation sites (tertiary alicyclic amines) is 1. The van der Waals surface area contributed by atoms with E-state index in [2.05, 4.69) is 18.7 Å². The fourth-order valence-corrected chi connectivity index (χ4v) is 4.71. The van der Waals surface area contributed by atoms with Crippen LogP contribution in [0.15, 0.2) is 36.5 Å². The van der Waals surface area contributed by atoms with Crippen LogP contribution in [0.5, 0.6) is 5.75 Å². The van der Waals surface area contributed by atoms with Crippen molar-refractivity contribution in [2.45, 2.75) is 33.7 Å². The van der Waals surface area contributed by atoms with Crippen molar-refractivity contribution in [1.82, 2.24) is 14.3 Å². The fourth-order valence-electron chi connectivity index (χ4n) is 4.71. The summed E-state index contributed by atoms with van der Waals surface area (Å²) in [5.41, 5.74) is 9.86. The van der Waals surface area contributed by atoms with Crippen LogP contribution in [0.1, 0.15) is 32.9 Å². The van der Waals surface area contributed by atoms with Gasteiger partial charge in [0, 0.05) is 43.1 Å². The minimum absolute atomic E-state index is 0.0536. The average molecular weight is 424 g/mol. The molecule has 2 atom stereocenters. The molecule has 8 nitrogen and oxygen atoms in total. The van der Waals surface area contributed by atoms with E-state index in [1.165, 1.54) is 6.42 Å².